The smallest absolute Gasteiger partial charge is 0.129 e. The molecule has 0 bridgehead atoms. The second kappa shape index (κ2) is 8.30. The lowest BCUT2D eigenvalue weighted by atomic mass is 9.93. The van der Waals surface area contributed by atoms with Crippen LogP contribution < -0.4 is 9.64 Å². The molecule has 3 aromatic rings. The molecule has 1 fully saturated rings. The van der Waals surface area contributed by atoms with Gasteiger partial charge in [-0.3, -0.25) is 0 Å². The maximum atomic E-state index is 6.08. The molecule has 0 saturated heterocycles. The number of para-hydroxylation sites is 1. The number of hydrogen-bond acceptors (Lipinski definition) is 2. The standard InChI is InChI=1S/C25H27NO/c1-20-15-17-22(18-16-20)26(21-9-4-2-5-10-21)23-11-8-14-25(19-23)27-24-12-6-3-7-13-24/h3,6-8,11-19,21H,2,4-5,9-10H2,1H3. The predicted molar refractivity (Wildman–Crippen MR) is 113 cm³/mol. The minimum absolute atomic E-state index is 0.549. The van der Waals surface area contributed by atoms with E-state index in [0.29, 0.717) is 6.04 Å². The Balaban J connectivity index is 1.66. The second-order valence-electron chi connectivity index (χ2n) is 7.41. The Labute approximate surface area is 162 Å². The second-order valence-corrected chi connectivity index (χ2v) is 7.41. The molecule has 1 saturated carbocycles. The van der Waals surface area contributed by atoms with Crippen molar-refractivity contribution >= 4 is 11.4 Å². The average molecular weight is 357 g/mol. The first-order chi connectivity index (χ1) is 13.3. The lowest BCUT2D eigenvalue weighted by molar-refractivity contribution is 0.435. The molecule has 0 spiro atoms. The molecule has 0 aliphatic heterocycles. The molecule has 3 aromatic carbocycles. The highest BCUT2D eigenvalue weighted by atomic mass is 16.5. The Morgan fingerprint density at radius 3 is 2.15 bits per heavy atom. The van der Waals surface area contributed by atoms with Gasteiger partial charge in [0, 0.05) is 23.5 Å². The summed E-state index contributed by atoms with van der Waals surface area (Å²) in [6.45, 7) is 2.14. The molecule has 27 heavy (non-hydrogen) atoms. The summed E-state index contributed by atoms with van der Waals surface area (Å²) in [5.74, 6) is 1.75. The number of aryl methyl sites for hydroxylation is 1. The number of nitrogens with zero attached hydrogens (tertiary/aromatic N) is 1. The molecule has 0 N–H and O–H groups in total. The van der Waals surface area contributed by atoms with Gasteiger partial charge in [-0.15, -0.1) is 0 Å². The molecular formula is C25H27NO. The van der Waals surface area contributed by atoms with Crippen molar-refractivity contribution in [1.82, 2.24) is 0 Å². The van der Waals surface area contributed by atoms with Gasteiger partial charge in [0.1, 0.15) is 11.5 Å². The van der Waals surface area contributed by atoms with Crippen LogP contribution in [0.3, 0.4) is 0 Å². The van der Waals surface area contributed by atoms with Crippen molar-refractivity contribution in [2.75, 3.05) is 4.90 Å². The summed E-state index contributed by atoms with van der Waals surface area (Å²) in [7, 11) is 0. The highest BCUT2D eigenvalue weighted by Gasteiger charge is 2.23. The molecule has 138 valence electrons. The normalized spacial score (nSPS) is 14.7. The first kappa shape index (κ1) is 17.7. The quantitative estimate of drug-likeness (QED) is 0.476. The van der Waals surface area contributed by atoms with Gasteiger partial charge in [0.2, 0.25) is 0 Å². The molecule has 0 atom stereocenters. The predicted octanol–water partition coefficient (Wildman–Crippen LogP) is 7.26. The van der Waals surface area contributed by atoms with Crippen LogP contribution in [0, 0.1) is 6.92 Å². The summed E-state index contributed by atoms with van der Waals surface area (Å²) in [6, 6.07) is 27.9. The fourth-order valence-electron chi connectivity index (χ4n) is 3.94. The van der Waals surface area contributed by atoms with Crippen LogP contribution in [0.4, 0.5) is 11.4 Å². The number of anilines is 2. The third kappa shape index (κ3) is 4.33. The van der Waals surface area contributed by atoms with Gasteiger partial charge >= 0.3 is 0 Å². The van der Waals surface area contributed by atoms with Gasteiger partial charge in [0.05, 0.1) is 0 Å². The molecule has 0 radical (unpaired) electrons. The van der Waals surface area contributed by atoms with E-state index < -0.39 is 0 Å². The molecule has 4 rings (SSSR count). The maximum absolute atomic E-state index is 6.08. The van der Waals surface area contributed by atoms with Crippen molar-refractivity contribution in [2.24, 2.45) is 0 Å². The van der Waals surface area contributed by atoms with Gasteiger partial charge in [-0.2, -0.15) is 0 Å². The monoisotopic (exact) mass is 357 g/mol. The van der Waals surface area contributed by atoms with E-state index in [1.165, 1.54) is 49.0 Å². The van der Waals surface area contributed by atoms with Crippen molar-refractivity contribution in [3.05, 3.63) is 84.4 Å². The molecule has 2 nitrogen and oxygen atoms in total. The molecule has 0 amide bonds. The van der Waals surface area contributed by atoms with Crippen LogP contribution in [0.15, 0.2) is 78.9 Å². The molecule has 1 aliphatic carbocycles. The summed E-state index contributed by atoms with van der Waals surface area (Å²) in [4.78, 5) is 2.51. The molecular weight excluding hydrogens is 330 g/mol. The van der Waals surface area contributed by atoms with E-state index in [9.17, 15) is 0 Å². The third-order valence-corrected chi connectivity index (χ3v) is 5.33. The first-order valence-corrected chi connectivity index (χ1v) is 9.98. The van der Waals surface area contributed by atoms with Crippen LogP contribution in [-0.2, 0) is 0 Å². The van der Waals surface area contributed by atoms with Crippen LogP contribution in [-0.4, -0.2) is 6.04 Å². The fraction of sp³-hybridized carbons (Fsp3) is 0.280. The zero-order valence-corrected chi connectivity index (χ0v) is 16.0. The van der Waals surface area contributed by atoms with Crippen LogP contribution in [0.25, 0.3) is 0 Å². The lowest BCUT2D eigenvalue weighted by Gasteiger charge is -2.36. The molecule has 0 unspecified atom stereocenters. The zero-order valence-electron chi connectivity index (χ0n) is 16.0. The van der Waals surface area contributed by atoms with E-state index in [1.54, 1.807) is 0 Å². The summed E-state index contributed by atoms with van der Waals surface area (Å²) in [5, 5.41) is 0. The average Bonchev–Trinajstić information content (AvgIpc) is 2.72. The summed E-state index contributed by atoms with van der Waals surface area (Å²) >= 11 is 0. The highest BCUT2D eigenvalue weighted by molar-refractivity contribution is 5.66. The Morgan fingerprint density at radius 1 is 0.704 bits per heavy atom. The number of ether oxygens (including phenoxy) is 1. The Morgan fingerprint density at radius 2 is 1.41 bits per heavy atom. The number of benzene rings is 3. The molecule has 0 aromatic heterocycles. The first-order valence-electron chi connectivity index (χ1n) is 9.98. The van der Waals surface area contributed by atoms with Gasteiger partial charge in [-0.05, 0) is 56.2 Å². The topological polar surface area (TPSA) is 12.5 Å². The van der Waals surface area contributed by atoms with E-state index in [0.717, 1.165) is 11.5 Å². The SMILES string of the molecule is Cc1ccc(N(c2cccc(Oc3ccccc3)c2)C2CCCCC2)cc1. The van der Waals surface area contributed by atoms with E-state index >= 15 is 0 Å². The van der Waals surface area contributed by atoms with Crippen molar-refractivity contribution in [3.8, 4) is 11.5 Å². The Kier molecular flexibility index (Phi) is 5.43. The number of hydrogen-bond donors (Lipinski definition) is 0. The highest BCUT2D eigenvalue weighted by Crippen LogP contribution is 2.36. The van der Waals surface area contributed by atoms with Crippen LogP contribution in [0.5, 0.6) is 11.5 Å². The Bertz CT molecular complexity index is 851. The lowest BCUT2D eigenvalue weighted by Crippen LogP contribution is -2.32. The third-order valence-electron chi connectivity index (χ3n) is 5.33. The van der Waals surface area contributed by atoms with Gasteiger partial charge in [0.15, 0.2) is 0 Å². The van der Waals surface area contributed by atoms with Gasteiger partial charge in [-0.1, -0.05) is 61.2 Å². The molecule has 1 aliphatic rings. The maximum Gasteiger partial charge on any atom is 0.129 e. The number of rotatable bonds is 5. The van der Waals surface area contributed by atoms with E-state index in [4.69, 9.17) is 4.74 Å². The zero-order chi connectivity index (χ0) is 18.5. The summed E-state index contributed by atoms with van der Waals surface area (Å²) in [5.41, 5.74) is 3.77. The van der Waals surface area contributed by atoms with Gasteiger partial charge in [0.25, 0.3) is 0 Å². The van der Waals surface area contributed by atoms with Crippen LogP contribution in [0.2, 0.25) is 0 Å². The Hall–Kier alpha value is -2.74. The largest absolute Gasteiger partial charge is 0.457 e. The van der Waals surface area contributed by atoms with Crippen molar-refractivity contribution in [3.63, 3.8) is 0 Å². The van der Waals surface area contributed by atoms with Crippen molar-refractivity contribution in [2.45, 2.75) is 45.1 Å². The van der Waals surface area contributed by atoms with Gasteiger partial charge in [-0.25, -0.2) is 0 Å². The minimum atomic E-state index is 0.549. The van der Waals surface area contributed by atoms with Crippen molar-refractivity contribution in [1.29, 1.82) is 0 Å². The summed E-state index contributed by atoms with van der Waals surface area (Å²) < 4.78 is 6.08. The van der Waals surface area contributed by atoms with E-state index in [-0.39, 0.29) is 0 Å². The van der Waals surface area contributed by atoms with Crippen LogP contribution >= 0.6 is 0 Å². The molecule has 0 heterocycles. The van der Waals surface area contributed by atoms with E-state index in [1.807, 2.05) is 36.4 Å². The van der Waals surface area contributed by atoms with Gasteiger partial charge < -0.3 is 9.64 Å². The van der Waals surface area contributed by atoms with Crippen LogP contribution in [0.1, 0.15) is 37.7 Å². The summed E-state index contributed by atoms with van der Waals surface area (Å²) in [6.07, 6.45) is 6.48. The molecule has 2 heteroatoms. The van der Waals surface area contributed by atoms with E-state index in [2.05, 4.69) is 54.3 Å². The minimum Gasteiger partial charge on any atom is -0.457 e. The van der Waals surface area contributed by atoms with Crippen molar-refractivity contribution < 1.29 is 4.74 Å². The fourth-order valence-corrected chi connectivity index (χ4v) is 3.94.